The highest BCUT2D eigenvalue weighted by molar-refractivity contribution is 8.00. The van der Waals surface area contributed by atoms with E-state index in [0.717, 1.165) is 5.69 Å². The Labute approximate surface area is 179 Å². The van der Waals surface area contributed by atoms with Gasteiger partial charge >= 0.3 is 0 Å². The molecule has 1 N–H and O–H groups in total. The predicted molar refractivity (Wildman–Crippen MR) is 113 cm³/mol. The van der Waals surface area contributed by atoms with Crippen molar-refractivity contribution in [2.75, 3.05) is 18.2 Å². The maximum Gasteiger partial charge on any atom is 0.271 e. The van der Waals surface area contributed by atoms with E-state index in [4.69, 9.17) is 4.74 Å². The summed E-state index contributed by atoms with van der Waals surface area (Å²) in [5, 5.41) is 22.3. The molecule has 0 aliphatic rings. The Hall–Kier alpha value is -4.06. The average molecular weight is 437 g/mol. The monoisotopic (exact) mass is 437 g/mol. The van der Waals surface area contributed by atoms with E-state index in [0.29, 0.717) is 27.6 Å². The zero-order valence-electron chi connectivity index (χ0n) is 16.1. The zero-order chi connectivity index (χ0) is 21.8. The number of rotatable bonds is 7. The van der Waals surface area contributed by atoms with Crippen LogP contribution in [0, 0.1) is 10.1 Å². The summed E-state index contributed by atoms with van der Waals surface area (Å²) in [5.74, 6) is 0.415. The summed E-state index contributed by atoms with van der Waals surface area (Å²) in [6.07, 6.45) is 1.38. The molecule has 12 heteroatoms. The Morgan fingerprint density at radius 1 is 1.23 bits per heavy atom. The number of non-ortho nitro benzene ring substituents is 1. The van der Waals surface area contributed by atoms with Crippen molar-refractivity contribution in [1.82, 2.24) is 25.0 Å². The number of nitro benzene ring substituents is 1. The molecule has 2 heterocycles. The number of anilines is 1. The molecule has 0 spiro atoms. The molecule has 0 aliphatic carbocycles. The SMILES string of the molecule is COc1ccc(-n2nnc3c(SCC(=O)Nc4cccc([N+](=O)[O-])c4)ncnc32)cc1. The van der Waals surface area contributed by atoms with E-state index < -0.39 is 4.92 Å². The first-order valence-electron chi connectivity index (χ1n) is 8.93. The number of hydrogen-bond acceptors (Lipinski definition) is 9. The minimum Gasteiger partial charge on any atom is -0.497 e. The van der Waals surface area contributed by atoms with Crippen molar-refractivity contribution in [1.29, 1.82) is 0 Å². The maximum absolute atomic E-state index is 12.3. The molecular weight excluding hydrogens is 422 g/mol. The van der Waals surface area contributed by atoms with Gasteiger partial charge in [-0.2, -0.15) is 4.68 Å². The minimum atomic E-state index is -0.520. The fourth-order valence-corrected chi connectivity index (χ4v) is 3.49. The van der Waals surface area contributed by atoms with Gasteiger partial charge in [-0.25, -0.2) is 9.97 Å². The lowest BCUT2D eigenvalue weighted by molar-refractivity contribution is -0.384. The van der Waals surface area contributed by atoms with Crippen LogP contribution in [-0.4, -0.2) is 48.7 Å². The average Bonchev–Trinajstić information content (AvgIpc) is 3.22. The molecule has 156 valence electrons. The normalized spacial score (nSPS) is 10.7. The summed E-state index contributed by atoms with van der Waals surface area (Å²) in [5.41, 5.74) is 1.96. The maximum atomic E-state index is 12.3. The molecule has 4 rings (SSSR count). The molecule has 2 aromatic carbocycles. The molecule has 11 nitrogen and oxygen atoms in total. The molecule has 2 aromatic heterocycles. The second-order valence-corrected chi connectivity index (χ2v) is 7.16. The lowest BCUT2D eigenvalue weighted by atomic mass is 10.3. The lowest BCUT2D eigenvalue weighted by Crippen LogP contribution is -2.14. The Balaban J connectivity index is 1.49. The molecule has 0 unspecified atom stereocenters. The van der Waals surface area contributed by atoms with Crippen molar-refractivity contribution in [3.05, 3.63) is 65.0 Å². The fourth-order valence-electron chi connectivity index (χ4n) is 2.76. The molecule has 1 amide bonds. The molecule has 0 fully saturated rings. The predicted octanol–water partition coefficient (Wildman–Crippen LogP) is 2.86. The quantitative estimate of drug-likeness (QED) is 0.200. The number of carbonyl (C=O) groups is 1. The first kappa shape index (κ1) is 20.2. The van der Waals surface area contributed by atoms with Crippen molar-refractivity contribution in [2.45, 2.75) is 5.03 Å². The van der Waals surface area contributed by atoms with Gasteiger partial charge in [0.1, 0.15) is 17.1 Å². The van der Waals surface area contributed by atoms with Gasteiger partial charge in [-0.1, -0.05) is 23.0 Å². The highest BCUT2D eigenvalue weighted by Gasteiger charge is 2.15. The third-order valence-corrected chi connectivity index (χ3v) is 5.18. The second kappa shape index (κ2) is 8.75. The third kappa shape index (κ3) is 4.43. The summed E-state index contributed by atoms with van der Waals surface area (Å²) in [4.78, 5) is 31.1. The molecule has 0 saturated carbocycles. The van der Waals surface area contributed by atoms with Gasteiger partial charge in [0.25, 0.3) is 5.69 Å². The van der Waals surface area contributed by atoms with Gasteiger partial charge in [-0.3, -0.25) is 14.9 Å². The molecule has 0 bridgehead atoms. The summed E-state index contributed by atoms with van der Waals surface area (Å²) in [6, 6.07) is 13.0. The zero-order valence-corrected chi connectivity index (χ0v) is 16.9. The highest BCUT2D eigenvalue weighted by Crippen LogP contribution is 2.25. The van der Waals surface area contributed by atoms with Gasteiger partial charge in [0.15, 0.2) is 11.2 Å². The van der Waals surface area contributed by atoms with Crippen LogP contribution in [-0.2, 0) is 4.79 Å². The summed E-state index contributed by atoms with van der Waals surface area (Å²) in [6.45, 7) is 0. The number of methoxy groups -OCH3 is 1. The standard InChI is InChI=1S/C19H15N7O4S/c1-30-15-7-5-13(6-8-15)25-18-17(23-24-25)19(21-11-20-18)31-10-16(27)22-12-3-2-4-14(9-12)26(28)29/h2-9,11H,10H2,1H3,(H,22,27). The highest BCUT2D eigenvalue weighted by atomic mass is 32.2. The number of fused-ring (bicyclic) bond motifs is 1. The summed E-state index contributed by atoms with van der Waals surface area (Å²) in [7, 11) is 1.59. The van der Waals surface area contributed by atoms with Crippen LogP contribution in [0.2, 0.25) is 0 Å². The smallest absolute Gasteiger partial charge is 0.271 e. The van der Waals surface area contributed by atoms with Crippen molar-refractivity contribution in [2.24, 2.45) is 0 Å². The number of thioether (sulfide) groups is 1. The Bertz CT molecular complexity index is 1260. The van der Waals surface area contributed by atoms with E-state index in [-0.39, 0.29) is 17.3 Å². The number of nitrogens with one attached hydrogen (secondary N) is 1. The number of ether oxygens (including phenoxy) is 1. The van der Waals surface area contributed by atoms with Gasteiger partial charge < -0.3 is 10.1 Å². The van der Waals surface area contributed by atoms with Crippen LogP contribution < -0.4 is 10.1 Å². The van der Waals surface area contributed by atoms with Gasteiger partial charge in [0.05, 0.1) is 23.5 Å². The van der Waals surface area contributed by atoms with Crippen LogP contribution in [0.25, 0.3) is 16.9 Å². The van der Waals surface area contributed by atoms with Gasteiger partial charge in [0.2, 0.25) is 5.91 Å². The molecule has 0 saturated heterocycles. The Morgan fingerprint density at radius 3 is 2.77 bits per heavy atom. The number of benzene rings is 2. The first-order valence-corrected chi connectivity index (χ1v) is 9.91. The van der Waals surface area contributed by atoms with Gasteiger partial charge in [0, 0.05) is 17.8 Å². The fraction of sp³-hybridized carbons (Fsp3) is 0.105. The van der Waals surface area contributed by atoms with Crippen molar-refractivity contribution < 1.29 is 14.5 Å². The van der Waals surface area contributed by atoms with Crippen molar-refractivity contribution in [3.8, 4) is 11.4 Å². The van der Waals surface area contributed by atoms with E-state index in [1.165, 1.54) is 36.3 Å². The number of aromatic nitrogens is 5. The van der Waals surface area contributed by atoms with Crippen LogP contribution >= 0.6 is 11.8 Å². The number of nitrogens with zero attached hydrogens (tertiary/aromatic N) is 6. The Kier molecular flexibility index (Phi) is 5.71. The van der Waals surface area contributed by atoms with Crippen LogP contribution in [0.1, 0.15) is 0 Å². The van der Waals surface area contributed by atoms with Crippen LogP contribution in [0.4, 0.5) is 11.4 Å². The van der Waals surface area contributed by atoms with Crippen molar-refractivity contribution in [3.63, 3.8) is 0 Å². The van der Waals surface area contributed by atoms with E-state index in [9.17, 15) is 14.9 Å². The van der Waals surface area contributed by atoms with E-state index >= 15 is 0 Å². The molecule has 4 aromatic rings. The molecular formula is C19H15N7O4S. The number of amides is 1. The Morgan fingerprint density at radius 2 is 2.03 bits per heavy atom. The summed E-state index contributed by atoms with van der Waals surface area (Å²) >= 11 is 1.17. The largest absolute Gasteiger partial charge is 0.497 e. The first-order chi connectivity index (χ1) is 15.0. The molecule has 0 atom stereocenters. The van der Waals surface area contributed by atoms with Gasteiger partial charge in [-0.05, 0) is 30.3 Å². The third-order valence-electron chi connectivity index (χ3n) is 4.20. The van der Waals surface area contributed by atoms with E-state index in [2.05, 4.69) is 25.6 Å². The number of nitro groups is 1. The number of carbonyl (C=O) groups excluding carboxylic acids is 1. The van der Waals surface area contributed by atoms with E-state index in [1.807, 2.05) is 12.1 Å². The van der Waals surface area contributed by atoms with Crippen LogP contribution in [0.5, 0.6) is 5.75 Å². The number of hydrogen-bond donors (Lipinski definition) is 1. The topological polar surface area (TPSA) is 138 Å². The lowest BCUT2D eigenvalue weighted by Gasteiger charge is -2.05. The second-order valence-electron chi connectivity index (χ2n) is 6.19. The molecule has 31 heavy (non-hydrogen) atoms. The van der Waals surface area contributed by atoms with E-state index in [1.54, 1.807) is 30.0 Å². The van der Waals surface area contributed by atoms with Crippen LogP contribution in [0.15, 0.2) is 59.9 Å². The van der Waals surface area contributed by atoms with Crippen LogP contribution in [0.3, 0.4) is 0 Å². The summed E-state index contributed by atoms with van der Waals surface area (Å²) < 4.78 is 6.74. The minimum absolute atomic E-state index is 0.0319. The van der Waals surface area contributed by atoms with Gasteiger partial charge in [-0.15, -0.1) is 5.10 Å². The molecule has 0 radical (unpaired) electrons. The van der Waals surface area contributed by atoms with Crippen molar-refractivity contribution >= 4 is 40.2 Å². The molecule has 0 aliphatic heterocycles.